The van der Waals surface area contributed by atoms with Crippen LogP contribution in [0.3, 0.4) is 0 Å². The highest BCUT2D eigenvalue weighted by Crippen LogP contribution is 2.38. The topological polar surface area (TPSA) is 75.0 Å². The maximum Gasteiger partial charge on any atom is 0.277 e. The van der Waals surface area contributed by atoms with Crippen molar-refractivity contribution >= 4 is 5.91 Å². The molecule has 33 heavy (non-hydrogen) atoms. The zero-order valence-electron chi connectivity index (χ0n) is 17.7. The molecule has 2 aromatic carbocycles. The Kier molecular flexibility index (Phi) is 5.34. The first-order valence-corrected chi connectivity index (χ1v) is 10.7. The highest BCUT2D eigenvalue weighted by atomic mass is 19.1. The minimum absolute atomic E-state index is 0.116. The second-order valence-corrected chi connectivity index (χ2v) is 7.91. The number of carbonyl (C=O) groups excluding carboxylic acids is 1. The van der Waals surface area contributed by atoms with Crippen LogP contribution in [0.25, 0.3) is 0 Å². The average Bonchev–Trinajstić information content (AvgIpc) is 2.81. The van der Waals surface area contributed by atoms with Crippen LogP contribution < -0.4 is 15.2 Å². The van der Waals surface area contributed by atoms with Crippen LogP contribution in [0.5, 0.6) is 11.5 Å². The Labute approximate surface area is 189 Å². The van der Waals surface area contributed by atoms with Gasteiger partial charge in [-0.1, -0.05) is 54.6 Å². The van der Waals surface area contributed by atoms with E-state index < -0.39 is 28.9 Å². The number of nitrogens with zero attached hydrogens (tertiary/aromatic N) is 3. The highest BCUT2D eigenvalue weighted by Gasteiger charge is 2.37. The fraction of sp³-hybridized carbons (Fsp3) is 0.200. The van der Waals surface area contributed by atoms with Gasteiger partial charge in [0.25, 0.3) is 5.91 Å². The Hall–Kier alpha value is -4.07. The number of hydrogen-bond acceptors (Lipinski definition) is 5. The fourth-order valence-corrected chi connectivity index (χ4v) is 4.35. The summed E-state index contributed by atoms with van der Waals surface area (Å²) in [5.41, 5.74) is 0.644. The van der Waals surface area contributed by atoms with Gasteiger partial charge in [-0.25, -0.2) is 4.39 Å². The summed E-state index contributed by atoms with van der Waals surface area (Å²) in [5, 5.41) is 12.4. The molecule has 7 nitrogen and oxygen atoms in total. The highest BCUT2D eigenvalue weighted by molar-refractivity contribution is 5.96. The molecular weight excluding hydrogens is 425 g/mol. The Morgan fingerprint density at radius 3 is 2.64 bits per heavy atom. The van der Waals surface area contributed by atoms with E-state index >= 15 is 0 Å². The Bertz CT molecular complexity index is 1290. The van der Waals surface area contributed by atoms with Crippen molar-refractivity contribution < 1.29 is 19.0 Å². The summed E-state index contributed by atoms with van der Waals surface area (Å²) in [6.45, 7) is 0.733. The number of aromatic hydroxyl groups is 1. The number of hydrogen-bond donors (Lipinski definition) is 1. The fourth-order valence-electron chi connectivity index (χ4n) is 4.35. The maximum atomic E-state index is 15.0. The normalized spacial score (nSPS) is 18.9. The van der Waals surface area contributed by atoms with E-state index in [-0.39, 0.29) is 24.7 Å². The average molecular weight is 447 g/mol. The third-order valence-electron chi connectivity index (χ3n) is 5.90. The molecule has 1 aromatic heterocycles. The van der Waals surface area contributed by atoms with Crippen LogP contribution in [0.4, 0.5) is 4.39 Å². The smallest absolute Gasteiger partial charge is 0.277 e. The van der Waals surface area contributed by atoms with Gasteiger partial charge < -0.3 is 14.7 Å². The van der Waals surface area contributed by atoms with Crippen molar-refractivity contribution in [3.05, 3.63) is 106 Å². The molecule has 0 fully saturated rings. The molecule has 0 saturated carbocycles. The first-order valence-electron chi connectivity index (χ1n) is 10.7. The third-order valence-corrected chi connectivity index (χ3v) is 5.90. The lowest BCUT2D eigenvalue weighted by atomic mass is 9.96. The van der Waals surface area contributed by atoms with Crippen molar-refractivity contribution in [1.29, 1.82) is 0 Å². The summed E-state index contributed by atoms with van der Waals surface area (Å²) in [6, 6.07) is 14.9. The molecule has 0 spiro atoms. The van der Waals surface area contributed by atoms with Gasteiger partial charge in [0.2, 0.25) is 5.43 Å². The molecule has 3 aromatic rings. The summed E-state index contributed by atoms with van der Waals surface area (Å²) < 4.78 is 22.3. The standard InChI is InChI=1S/C25H22FN3O4/c26-19-11-7-10-18-21(17-8-3-1-4-9-17)29-16-27(13-5-2-6-15-33-24(18)19)25(32)22-23(31)20(30)12-14-28(22)29/h1-4,6-12,14,21,31H,5,13,15-16H2/b6-2+/t21-/m0/s1. The van der Waals surface area contributed by atoms with E-state index in [9.17, 15) is 19.1 Å². The van der Waals surface area contributed by atoms with Gasteiger partial charge in [0.1, 0.15) is 19.3 Å². The van der Waals surface area contributed by atoms with Gasteiger partial charge in [-0.3, -0.25) is 19.3 Å². The minimum atomic E-state index is -0.636. The van der Waals surface area contributed by atoms with Crippen molar-refractivity contribution in [3.63, 3.8) is 0 Å². The van der Waals surface area contributed by atoms with Crippen molar-refractivity contribution in [3.8, 4) is 11.5 Å². The molecular formula is C25H22FN3O4. The molecule has 2 bridgehead atoms. The van der Waals surface area contributed by atoms with E-state index in [1.807, 2.05) is 41.4 Å². The lowest BCUT2D eigenvalue weighted by molar-refractivity contribution is 0.0682. The number of pyridine rings is 1. The predicted molar refractivity (Wildman–Crippen MR) is 120 cm³/mol. The number of aromatic nitrogens is 1. The van der Waals surface area contributed by atoms with Crippen molar-refractivity contribution in [1.82, 2.24) is 9.58 Å². The summed E-state index contributed by atoms with van der Waals surface area (Å²) >= 11 is 0. The lowest BCUT2D eigenvalue weighted by Gasteiger charge is -2.44. The van der Waals surface area contributed by atoms with E-state index in [0.717, 1.165) is 5.56 Å². The van der Waals surface area contributed by atoms with E-state index in [2.05, 4.69) is 0 Å². The number of benzene rings is 2. The van der Waals surface area contributed by atoms with Crippen LogP contribution in [0, 0.1) is 5.82 Å². The molecule has 1 atom stereocenters. The van der Waals surface area contributed by atoms with Crippen LogP contribution in [0.1, 0.15) is 34.1 Å². The summed E-state index contributed by atoms with van der Waals surface area (Å²) in [4.78, 5) is 27.0. The maximum absolute atomic E-state index is 15.0. The van der Waals surface area contributed by atoms with Crippen LogP contribution in [-0.2, 0) is 0 Å². The first-order chi connectivity index (χ1) is 16.1. The van der Waals surface area contributed by atoms with E-state index in [0.29, 0.717) is 18.5 Å². The molecule has 2 aliphatic rings. The third kappa shape index (κ3) is 3.63. The van der Waals surface area contributed by atoms with Gasteiger partial charge in [-0.15, -0.1) is 0 Å². The Morgan fingerprint density at radius 1 is 1.00 bits per heavy atom. The Morgan fingerprint density at radius 2 is 1.82 bits per heavy atom. The molecule has 2 aliphatic heterocycles. The molecule has 5 rings (SSSR count). The monoisotopic (exact) mass is 447 g/mol. The number of ether oxygens (including phenoxy) is 1. The SMILES string of the molecule is O=C1c2c(O)c(=O)ccn2N2CN1CC/C=C/COc1c(F)cccc1[C@@H]2c1ccccc1. The quantitative estimate of drug-likeness (QED) is 0.580. The van der Waals surface area contributed by atoms with E-state index in [1.165, 1.54) is 23.0 Å². The molecule has 0 radical (unpaired) electrons. The molecule has 8 heteroatoms. The molecule has 0 aliphatic carbocycles. The van der Waals surface area contributed by atoms with Gasteiger partial charge in [-0.2, -0.15) is 0 Å². The molecule has 0 unspecified atom stereocenters. The summed E-state index contributed by atoms with van der Waals surface area (Å²) in [7, 11) is 0. The second-order valence-electron chi connectivity index (χ2n) is 7.91. The number of amides is 1. The van der Waals surface area contributed by atoms with Crippen LogP contribution in [0.15, 0.2) is 77.7 Å². The van der Waals surface area contributed by atoms with Gasteiger partial charge >= 0.3 is 0 Å². The molecule has 1 amide bonds. The van der Waals surface area contributed by atoms with Gasteiger partial charge in [0.05, 0.1) is 0 Å². The minimum Gasteiger partial charge on any atom is -0.502 e. The van der Waals surface area contributed by atoms with Crippen molar-refractivity contribution in [2.24, 2.45) is 0 Å². The molecule has 3 heterocycles. The zero-order valence-corrected chi connectivity index (χ0v) is 17.7. The van der Waals surface area contributed by atoms with Crippen molar-refractivity contribution in [2.75, 3.05) is 24.8 Å². The second kappa shape index (κ2) is 8.46. The van der Waals surface area contributed by atoms with Gasteiger partial charge in [0.15, 0.2) is 23.0 Å². The zero-order chi connectivity index (χ0) is 22.9. The van der Waals surface area contributed by atoms with Crippen LogP contribution >= 0.6 is 0 Å². The van der Waals surface area contributed by atoms with Crippen LogP contribution in [0.2, 0.25) is 0 Å². The first kappa shape index (κ1) is 20.8. The molecule has 168 valence electrons. The summed E-state index contributed by atoms with van der Waals surface area (Å²) in [6.07, 6.45) is 5.66. The summed E-state index contributed by atoms with van der Waals surface area (Å²) in [5.74, 6) is -1.42. The number of para-hydroxylation sites is 1. The number of halogens is 1. The van der Waals surface area contributed by atoms with Gasteiger partial charge in [-0.05, 0) is 18.1 Å². The van der Waals surface area contributed by atoms with Crippen LogP contribution in [-0.4, -0.2) is 40.4 Å². The molecule has 0 saturated heterocycles. The number of fused-ring (bicyclic) bond motifs is 5. The Balaban J connectivity index is 1.80. The molecule has 1 N–H and O–H groups in total. The number of carbonyl (C=O) groups is 1. The number of rotatable bonds is 1. The van der Waals surface area contributed by atoms with E-state index in [1.54, 1.807) is 23.1 Å². The van der Waals surface area contributed by atoms with E-state index in [4.69, 9.17) is 4.74 Å². The lowest BCUT2D eigenvalue weighted by Crippen LogP contribution is -2.55. The predicted octanol–water partition coefficient (Wildman–Crippen LogP) is 3.17. The van der Waals surface area contributed by atoms with Gasteiger partial charge in [0, 0.05) is 24.4 Å². The van der Waals surface area contributed by atoms with Crippen molar-refractivity contribution in [2.45, 2.75) is 12.5 Å². The largest absolute Gasteiger partial charge is 0.502 e.